The van der Waals surface area contributed by atoms with Gasteiger partial charge in [0.15, 0.2) is 0 Å². The van der Waals surface area contributed by atoms with E-state index < -0.39 is 0 Å². The summed E-state index contributed by atoms with van der Waals surface area (Å²) >= 11 is 0. The molecule has 0 saturated carbocycles. The number of rotatable bonds is 4. The van der Waals surface area contributed by atoms with Crippen LogP contribution >= 0.6 is 0 Å². The Morgan fingerprint density at radius 1 is 1.53 bits per heavy atom. The second kappa shape index (κ2) is 6.06. The molecular weight excluding hydrogens is 240 g/mol. The minimum absolute atomic E-state index is 0.0400. The number of hydrogen-bond acceptors (Lipinski definition) is 3. The topological polar surface area (TPSA) is 41.6 Å². The van der Waals surface area contributed by atoms with Gasteiger partial charge in [-0.2, -0.15) is 0 Å². The highest BCUT2D eigenvalue weighted by Crippen LogP contribution is 2.32. The molecule has 1 aliphatic rings. The van der Waals surface area contributed by atoms with Crippen LogP contribution in [0.2, 0.25) is 0 Å². The Labute approximate surface area is 114 Å². The van der Waals surface area contributed by atoms with Gasteiger partial charge in [-0.1, -0.05) is 18.2 Å². The maximum atomic E-state index is 12.6. The van der Waals surface area contributed by atoms with Gasteiger partial charge in [0.05, 0.1) is 18.6 Å². The van der Waals surface area contributed by atoms with Gasteiger partial charge in [0.2, 0.25) is 5.91 Å². The summed E-state index contributed by atoms with van der Waals surface area (Å²) in [5, 5.41) is 3.35. The van der Waals surface area contributed by atoms with Gasteiger partial charge in [0.1, 0.15) is 0 Å². The maximum Gasteiger partial charge on any atom is 0.230 e. The van der Waals surface area contributed by atoms with Crippen LogP contribution in [-0.2, 0) is 9.53 Å². The molecule has 1 amide bonds. The van der Waals surface area contributed by atoms with E-state index in [0.29, 0.717) is 6.61 Å². The predicted molar refractivity (Wildman–Crippen MR) is 76.4 cm³/mol. The molecule has 2 rings (SSSR count). The Morgan fingerprint density at radius 3 is 3.00 bits per heavy atom. The Hall–Kier alpha value is -1.55. The number of carbonyl (C=O) groups excluding carboxylic acids is 1. The summed E-state index contributed by atoms with van der Waals surface area (Å²) < 4.78 is 5.13. The van der Waals surface area contributed by atoms with Crippen molar-refractivity contribution in [2.45, 2.75) is 25.3 Å². The third-order valence-corrected chi connectivity index (χ3v) is 3.80. The summed E-state index contributed by atoms with van der Waals surface area (Å²) in [5.74, 6) is 0.139. The molecule has 1 aliphatic heterocycles. The van der Waals surface area contributed by atoms with Gasteiger partial charge in [0.25, 0.3) is 0 Å². The Kier molecular flexibility index (Phi) is 4.43. The van der Waals surface area contributed by atoms with Gasteiger partial charge >= 0.3 is 0 Å². The van der Waals surface area contributed by atoms with Crippen LogP contribution in [0.1, 0.15) is 24.8 Å². The van der Waals surface area contributed by atoms with Crippen molar-refractivity contribution >= 4 is 11.6 Å². The largest absolute Gasteiger partial charge is 0.385 e. The van der Waals surface area contributed by atoms with Crippen LogP contribution in [0, 0.1) is 0 Å². The van der Waals surface area contributed by atoms with Gasteiger partial charge in [-0.15, -0.1) is 0 Å². The van der Waals surface area contributed by atoms with Crippen LogP contribution in [0.25, 0.3) is 0 Å². The van der Waals surface area contributed by atoms with Crippen molar-refractivity contribution in [2.75, 3.05) is 32.6 Å². The van der Waals surface area contributed by atoms with E-state index >= 15 is 0 Å². The highest BCUT2D eigenvalue weighted by atomic mass is 16.5. The standard InChI is InChI=1S/C15H22N2O2/c1-11(10-19-3)17(2)15(18)13-8-9-16-14-7-5-4-6-12(13)14/h4-7,11,13,16H,8-10H2,1-3H3. The molecule has 4 nitrogen and oxygen atoms in total. The van der Waals surface area contributed by atoms with Gasteiger partial charge in [-0.25, -0.2) is 0 Å². The number of nitrogens with one attached hydrogen (secondary N) is 1. The molecule has 0 spiro atoms. The number of fused-ring (bicyclic) bond motifs is 1. The molecule has 0 bridgehead atoms. The van der Waals surface area contributed by atoms with Crippen molar-refractivity contribution in [1.29, 1.82) is 0 Å². The molecule has 104 valence electrons. The lowest BCUT2D eigenvalue weighted by molar-refractivity contribution is -0.134. The number of para-hydroxylation sites is 1. The number of nitrogens with zero attached hydrogens (tertiary/aromatic N) is 1. The third-order valence-electron chi connectivity index (χ3n) is 3.80. The third kappa shape index (κ3) is 2.89. The highest BCUT2D eigenvalue weighted by molar-refractivity contribution is 5.86. The van der Waals surface area contributed by atoms with E-state index in [0.717, 1.165) is 24.2 Å². The zero-order valence-electron chi connectivity index (χ0n) is 11.8. The molecule has 19 heavy (non-hydrogen) atoms. The maximum absolute atomic E-state index is 12.6. The Morgan fingerprint density at radius 2 is 2.26 bits per heavy atom. The van der Waals surface area contributed by atoms with Crippen molar-refractivity contribution in [2.24, 2.45) is 0 Å². The summed E-state index contributed by atoms with van der Waals surface area (Å²) in [4.78, 5) is 14.4. The van der Waals surface area contributed by atoms with Gasteiger partial charge < -0.3 is 15.0 Å². The first-order valence-electron chi connectivity index (χ1n) is 6.73. The van der Waals surface area contributed by atoms with Crippen LogP contribution in [0.4, 0.5) is 5.69 Å². The summed E-state index contributed by atoms with van der Waals surface area (Å²) in [6.07, 6.45) is 0.847. The van der Waals surface area contributed by atoms with E-state index in [-0.39, 0.29) is 17.9 Å². The second-order valence-electron chi connectivity index (χ2n) is 5.11. The van der Waals surface area contributed by atoms with E-state index in [9.17, 15) is 4.79 Å². The number of anilines is 1. The number of amides is 1. The molecule has 2 unspecified atom stereocenters. The summed E-state index contributed by atoms with van der Waals surface area (Å²) in [6, 6.07) is 8.16. The molecule has 1 heterocycles. The zero-order chi connectivity index (χ0) is 13.8. The molecule has 0 saturated heterocycles. The minimum Gasteiger partial charge on any atom is -0.385 e. The first-order chi connectivity index (χ1) is 9.15. The number of ether oxygens (including phenoxy) is 1. The summed E-state index contributed by atoms with van der Waals surface area (Å²) in [7, 11) is 3.52. The fourth-order valence-electron chi connectivity index (χ4n) is 2.54. The van der Waals surface area contributed by atoms with Crippen molar-refractivity contribution in [3.05, 3.63) is 29.8 Å². The fourth-order valence-corrected chi connectivity index (χ4v) is 2.54. The van der Waals surface area contributed by atoms with Gasteiger partial charge in [-0.3, -0.25) is 4.79 Å². The van der Waals surface area contributed by atoms with Crippen molar-refractivity contribution in [1.82, 2.24) is 4.90 Å². The molecule has 4 heteroatoms. The SMILES string of the molecule is COCC(C)N(C)C(=O)C1CCNc2ccccc21. The molecule has 1 aromatic rings. The van der Waals surface area contributed by atoms with E-state index in [1.54, 1.807) is 12.0 Å². The lowest BCUT2D eigenvalue weighted by Crippen LogP contribution is -2.41. The summed E-state index contributed by atoms with van der Waals surface area (Å²) in [6.45, 7) is 3.42. The molecular formula is C15H22N2O2. The first-order valence-corrected chi connectivity index (χ1v) is 6.73. The molecule has 0 fully saturated rings. The van der Waals surface area contributed by atoms with E-state index in [2.05, 4.69) is 5.32 Å². The highest BCUT2D eigenvalue weighted by Gasteiger charge is 2.29. The molecule has 0 aromatic heterocycles. The smallest absolute Gasteiger partial charge is 0.230 e. The van der Waals surface area contributed by atoms with Crippen LogP contribution in [0.3, 0.4) is 0 Å². The number of likely N-dealkylation sites (N-methyl/N-ethyl adjacent to an activating group) is 1. The van der Waals surface area contributed by atoms with Crippen molar-refractivity contribution in [3.8, 4) is 0 Å². The lowest BCUT2D eigenvalue weighted by Gasteiger charge is -2.32. The number of hydrogen-bond donors (Lipinski definition) is 1. The van der Waals surface area contributed by atoms with Crippen molar-refractivity contribution < 1.29 is 9.53 Å². The summed E-state index contributed by atoms with van der Waals surface area (Å²) in [5.41, 5.74) is 2.19. The quantitative estimate of drug-likeness (QED) is 0.903. The minimum atomic E-state index is -0.0400. The molecule has 0 aliphatic carbocycles. The lowest BCUT2D eigenvalue weighted by atomic mass is 9.89. The van der Waals surface area contributed by atoms with Crippen molar-refractivity contribution in [3.63, 3.8) is 0 Å². The van der Waals surface area contributed by atoms with Crippen LogP contribution < -0.4 is 5.32 Å². The second-order valence-corrected chi connectivity index (χ2v) is 5.11. The Bertz CT molecular complexity index is 448. The van der Waals surface area contributed by atoms with Crippen LogP contribution in [-0.4, -0.2) is 44.2 Å². The van der Waals surface area contributed by atoms with E-state index in [4.69, 9.17) is 4.74 Å². The molecule has 1 aromatic carbocycles. The zero-order valence-corrected chi connectivity index (χ0v) is 11.8. The molecule has 2 atom stereocenters. The normalized spacial score (nSPS) is 19.2. The number of methoxy groups -OCH3 is 1. The molecule has 0 radical (unpaired) electrons. The average Bonchev–Trinajstić information content (AvgIpc) is 2.45. The predicted octanol–water partition coefficient (Wildman–Crippen LogP) is 2.08. The Balaban J connectivity index is 2.16. The van der Waals surface area contributed by atoms with Gasteiger partial charge in [0, 0.05) is 26.4 Å². The monoisotopic (exact) mass is 262 g/mol. The number of benzene rings is 1. The number of carbonyl (C=O) groups is 1. The van der Waals surface area contributed by atoms with Crippen LogP contribution in [0.5, 0.6) is 0 Å². The van der Waals surface area contributed by atoms with Crippen LogP contribution in [0.15, 0.2) is 24.3 Å². The first kappa shape index (κ1) is 13.9. The average molecular weight is 262 g/mol. The fraction of sp³-hybridized carbons (Fsp3) is 0.533. The van der Waals surface area contributed by atoms with E-state index in [1.165, 1.54) is 0 Å². The van der Waals surface area contributed by atoms with E-state index in [1.807, 2.05) is 38.2 Å². The molecule has 1 N–H and O–H groups in total. The van der Waals surface area contributed by atoms with Gasteiger partial charge in [-0.05, 0) is 25.0 Å².